The number of hydrogen-bond donors (Lipinski definition) is 0. The van der Waals surface area contributed by atoms with Crippen LogP contribution in [0, 0.1) is 12.3 Å². The molecular weight excluding hydrogens is 350 g/mol. The molecule has 2 aromatic rings. The highest BCUT2D eigenvalue weighted by molar-refractivity contribution is 5.95. The number of aromatic nitrogens is 1. The number of aryl methyl sites for hydroxylation is 1. The normalized spacial score (nSPS) is 25.8. The van der Waals surface area contributed by atoms with Crippen LogP contribution in [0.25, 0.3) is 0 Å². The number of carbonyl (C=O) groups is 2. The van der Waals surface area contributed by atoms with Crippen molar-refractivity contribution in [3.05, 3.63) is 65.5 Å². The molecule has 3 atom stereocenters. The van der Waals surface area contributed by atoms with Gasteiger partial charge < -0.3 is 9.80 Å². The Morgan fingerprint density at radius 3 is 2.54 bits per heavy atom. The minimum atomic E-state index is -0.562. The van der Waals surface area contributed by atoms with Crippen molar-refractivity contribution in [2.45, 2.75) is 44.7 Å². The Kier molecular flexibility index (Phi) is 4.69. The van der Waals surface area contributed by atoms with Crippen LogP contribution in [0.3, 0.4) is 0 Å². The van der Waals surface area contributed by atoms with Crippen LogP contribution < -0.4 is 0 Å². The van der Waals surface area contributed by atoms with E-state index in [-0.39, 0.29) is 23.9 Å². The molecule has 5 nitrogen and oxygen atoms in total. The van der Waals surface area contributed by atoms with E-state index < -0.39 is 5.41 Å². The third kappa shape index (κ3) is 2.99. The number of hydrogen-bond acceptors (Lipinski definition) is 3. The van der Waals surface area contributed by atoms with Gasteiger partial charge in [0.2, 0.25) is 5.91 Å². The second-order valence-corrected chi connectivity index (χ2v) is 8.35. The minimum absolute atomic E-state index is 0.0438. The van der Waals surface area contributed by atoms with E-state index in [1.165, 1.54) is 0 Å². The van der Waals surface area contributed by atoms with Gasteiger partial charge >= 0.3 is 0 Å². The van der Waals surface area contributed by atoms with Gasteiger partial charge in [0.05, 0.1) is 5.41 Å². The molecule has 0 spiro atoms. The van der Waals surface area contributed by atoms with Crippen molar-refractivity contribution in [2.24, 2.45) is 5.41 Å². The average Bonchev–Trinajstić information content (AvgIpc) is 3.23. The fraction of sp³-hybridized carbons (Fsp3) is 0.435. The SMILES string of the molecule is Cc1cccc(C(=O)N2[C@H]3CC[C@@H]2[C@](Cc2ccccc2)(C(=O)N(C)C)C3)n1. The molecular formula is C23H27N3O2. The minimum Gasteiger partial charge on any atom is -0.348 e. The van der Waals surface area contributed by atoms with E-state index >= 15 is 0 Å². The molecule has 0 unspecified atom stereocenters. The van der Waals surface area contributed by atoms with Crippen LogP contribution in [0.2, 0.25) is 0 Å². The van der Waals surface area contributed by atoms with Crippen LogP contribution in [-0.4, -0.2) is 52.8 Å². The Bertz CT molecular complexity index is 896. The summed E-state index contributed by atoms with van der Waals surface area (Å²) in [7, 11) is 3.63. The molecule has 1 aromatic heterocycles. The molecule has 146 valence electrons. The van der Waals surface area contributed by atoms with Crippen LogP contribution >= 0.6 is 0 Å². The Morgan fingerprint density at radius 2 is 1.86 bits per heavy atom. The van der Waals surface area contributed by atoms with Gasteiger partial charge in [-0.05, 0) is 50.3 Å². The highest BCUT2D eigenvalue weighted by Gasteiger charge is 2.61. The van der Waals surface area contributed by atoms with Crippen molar-refractivity contribution in [1.82, 2.24) is 14.8 Å². The van der Waals surface area contributed by atoms with Crippen LogP contribution in [0.5, 0.6) is 0 Å². The number of pyridine rings is 1. The summed E-state index contributed by atoms with van der Waals surface area (Å²) in [5.41, 5.74) is 1.89. The van der Waals surface area contributed by atoms with Gasteiger partial charge in [-0.3, -0.25) is 9.59 Å². The number of nitrogens with zero attached hydrogens (tertiary/aromatic N) is 3. The molecule has 1 aromatic carbocycles. The fourth-order valence-corrected chi connectivity index (χ4v) is 5.19. The zero-order chi connectivity index (χ0) is 19.9. The summed E-state index contributed by atoms with van der Waals surface area (Å²) in [6.07, 6.45) is 3.21. The van der Waals surface area contributed by atoms with E-state index in [4.69, 9.17) is 0 Å². The molecule has 0 aliphatic carbocycles. The van der Waals surface area contributed by atoms with Crippen LogP contribution in [0.15, 0.2) is 48.5 Å². The molecule has 28 heavy (non-hydrogen) atoms. The lowest BCUT2D eigenvalue weighted by molar-refractivity contribution is -0.141. The van der Waals surface area contributed by atoms with Gasteiger partial charge in [-0.15, -0.1) is 0 Å². The maximum absolute atomic E-state index is 13.4. The second kappa shape index (κ2) is 7.04. The van der Waals surface area contributed by atoms with E-state index in [0.29, 0.717) is 12.1 Å². The summed E-state index contributed by atoms with van der Waals surface area (Å²) < 4.78 is 0. The third-order valence-electron chi connectivity index (χ3n) is 6.28. The van der Waals surface area contributed by atoms with Crippen molar-refractivity contribution in [2.75, 3.05) is 14.1 Å². The van der Waals surface area contributed by atoms with Gasteiger partial charge in [-0.25, -0.2) is 4.98 Å². The fourth-order valence-electron chi connectivity index (χ4n) is 5.19. The standard InChI is InChI=1S/C23H27N3O2/c1-16-8-7-11-19(24-16)21(27)26-18-12-13-20(26)23(15-18,22(28)25(2)3)14-17-9-5-4-6-10-17/h4-11,18,20H,12-15H2,1-3H3/t18-,20+,23+/m0/s1. The largest absolute Gasteiger partial charge is 0.348 e. The van der Waals surface area contributed by atoms with Crippen LogP contribution in [-0.2, 0) is 11.2 Å². The predicted octanol–water partition coefficient (Wildman–Crippen LogP) is 3.08. The van der Waals surface area contributed by atoms with E-state index in [1.807, 2.05) is 56.3 Å². The molecule has 0 N–H and O–H groups in total. The van der Waals surface area contributed by atoms with Crippen LogP contribution in [0.4, 0.5) is 0 Å². The maximum Gasteiger partial charge on any atom is 0.272 e. The Labute approximate surface area is 166 Å². The second-order valence-electron chi connectivity index (χ2n) is 8.35. The predicted molar refractivity (Wildman–Crippen MR) is 108 cm³/mol. The maximum atomic E-state index is 13.4. The molecule has 2 aliphatic rings. The first-order chi connectivity index (χ1) is 13.4. The van der Waals surface area contributed by atoms with Gasteiger partial charge in [0, 0.05) is 31.9 Å². The van der Waals surface area contributed by atoms with E-state index in [2.05, 4.69) is 17.1 Å². The highest BCUT2D eigenvalue weighted by atomic mass is 16.2. The lowest BCUT2D eigenvalue weighted by Crippen LogP contribution is -2.50. The Morgan fingerprint density at radius 1 is 1.11 bits per heavy atom. The quantitative estimate of drug-likeness (QED) is 0.823. The molecule has 2 amide bonds. The smallest absolute Gasteiger partial charge is 0.272 e. The zero-order valence-electron chi connectivity index (χ0n) is 16.8. The summed E-state index contributed by atoms with van der Waals surface area (Å²) >= 11 is 0. The summed E-state index contributed by atoms with van der Waals surface area (Å²) in [5.74, 6) is 0.0799. The van der Waals surface area contributed by atoms with Crippen molar-refractivity contribution < 1.29 is 9.59 Å². The zero-order valence-corrected chi connectivity index (χ0v) is 16.8. The molecule has 4 rings (SSSR count). The molecule has 2 aliphatic heterocycles. The number of benzene rings is 1. The van der Waals surface area contributed by atoms with Gasteiger partial charge in [-0.2, -0.15) is 0 Å². The molecule has 5 heteroatoms. The molecule has 0 radical (unpaired) electrons. The van der Waals surface area contributed by atoms with E-state index in [1.54, 1.807) is 11.0 Å². The Balaban J connectivity index is 1.71. The van der Waals surface area contributed by atoms with Gasteiger partial charge in [-0.1, -0.05) is 36.4 Å². The van der Waals surface area contributed by atoms with Gasteiger partial charge in [0.25, 0.3) is 5.91 Å². The number of amides is 2. The summed E-state index contributed by atoms with van der Waals surface area (Å²) in [5, 5.41) is 0. The summed E-state index contributed by atoms with van der Waals surface area (Å²) in [6.45, 7) is 1.89. The molecule has 2 fully saturated rings. The van der Waals surface area contributed by atoms with Crippen LogP contribution in [0.1, 0.15) is 41.0 Å². The number of rotatable bonds is 4. The molecule has 2 bridgehead atoms. The topological polar surface area (TPSA) is 53.5 Å². The van der Waals surface area contributed by atoms with Crippen molar-refractivity contribution in [3.63, 3.8) is 0 Å². The lowest BCUT2D eigenvalue weighted by Gasteiger charge is -2.38. The first-order valence-corrected chi connectivity index (χ1v) is 9.94. The summed E-state index contributed by atoms with van der Waals surface area (Å²) in [4.78, 5) is 34.8. The van der Waals surface area contributed by atoms with E-state index in [9.17, 15) is 9.59 Å². The van der Waals surface area contributed by atoms with Crippen molar-refractivity contribution >= 4 is 11.8 Å². The monoisotopic (exact) mass is 377 g/mol. The first-order valence-electron chi connectivity index (χ1n) is 9.94. The third-order valence-corrected chi connectivity index (χ3v) is 6.28. The van der Waals surface area contributed by atoms with Crippen molar-refractivity contribution in [3.8, 4) is 0 Å². The number of carbonyl (C=O) groups excluding carboxylic acids is 2. The first kappa shape index (κ1) is 18.7. The van der Waals surface area contributed by atoms with E-state index in [0.717, 1.165) is 30.5 Å². The molecule has 3 heterocycles. The number of fused-ring (bicyclic) bond motifs is 2. The highest BCUT2D eigenvalue weighted by Crippen LogP contribution is 2.52. The lowest BCUT2D eigenvalue weighted by atomic mass is 9.69. The summed E-state index contributed by atoms with van der Waals surface area (Å²) in [6, 6.07) is 15.7. The molecule has 0 saturated carbocycles. The Hall–Kier alpha value is -2.69. The van der Waals surface area contributed by atoms with Gasteiger partial charge in [0.15, 0.2) is 0 Å². The van der Waals surface area contributed by atoms with Crippen molar-refractivity contribution in [1.29, 1.82) is 0 Å². The average molecular weight is 377 g/mol. The molecule has 2 saturated heterocycles. The van der Waals surface area contributed by atoms with Gasteiger partial charge in [0.1, 0.15) is 5.69 Å².